The lowest BCUT2D eigenvalue weighted by Crippen LogP contribution is -2.28. The van der Waals surface area contributed by atoms with Crippen molar-refractivity contribution >= 4 is 21.4 Å². The second kappa shape index (κ2) is 7.80. The van der Waals surface area contributed by atoms with Crippen LogP contribution in [0.3, 0.4) is 0 Å². The van der Waals surface area contributed by atoms with E-state index in [1.165, 1.54) is 0 Å². The molecule has 22 heavy (non-hydrogen) atoms. The van der Waals surface area contributed by atoms with Crippen LogP contribution in [0.4, 0.5) is 0 Å². The Labute approximate surface area is 135 Å². The Morgan fingerprint density at radius 1 is 1.36 bits per heavy atom. The zero-order valence-electron chi connectivity index (χ0n) is 12.9. The van der Waals surface area contributed by atoms with Crippen molar-refractivity contribution in [2.24, 2.45) is 0 Å². The molecule has 2 heterocycles. The van der Waals surface area contributed by atoms with E-state index in [2.05, 4.69) is 14.7 Å². The molecule has 1 N–H and O–H groups in total. The van der Waals surface area contributed by atoms with E-state index in [1.807, 2.05) is 26.0 Å². The molecule has 0 saturated carbocycles. The summed E-state index contributed by atoms with van der Waals surface area (Å²) >= 11 is 1.60. The van der Waals surface area contributed by atoms with Crippen molar-refractivity contribution in [3.05, 3.63) is 35.1 Å². The Balaban J connectivity index is 1.96. The zero-order valence-corrected chi connectivity index (χ0v) is 14.5. The van der Waals surface area contributed by atoms with Gasteiger partial charge in [-0.1, -0.05) is 13.3 Å². The molecule has 0 aliphatic heterocycles. The maximum Gasteiger partial charge on any atom is 0.211 e. The molecule has 0 unspecified atom stereocenters. The maximum absolute atomic E-state index is 11.8. The minimum absolute atomic E-state index is 0.201. The average Bonchev–Trinajstić information content (AvgIpc) is 2.87. The summed E-state index contributed by atoms with van der Waals surface area (Å²) in [5.41, 5.74) is 1.95. The fourth-order valence-electron chi connectivity index (χ4n) is 2.00. The number of rotatable bonds is 8. The number of aromatic nitrogens is 2. The summed E-state index contributed by atoms with van der Waals surface area (Å²) in [5, 5.41) is 0.925. The Hall–Kier alpha value is -1.31. The lowest BCUT2D eigenvalue weighted by molar-refractivity contribution is 0.578. The van der Waals surface area contributed by atoms with E-state index >= 15 is 0 Å². The number of sulfonamides is 1. The van der Waals surface area contributed by atoms with Crippen LogP contribution in [0.25, 0.3) is 10.6 Å². The first-order chi connectivity index (χ1) is 10.5. The SMILES string of the molecule is CCCCS(=O)(=O)NCCc1sc(-c2cccnc2)nc1C. The molecule has 0 amide bonds. The van der Waals surface area contributed by atoms with Crippen LogP contribution in [-0.2, 0) is 16.4 Å². The highest BCUT2D eigenvalue weighted by Gasteiger charge is 2.12. The summed E-state index contributed by atoms with van der Waals surface area (Å²) < 4.78 is 26.2. The minimum atomic E-state index is -3.15. The molecule has 0 radical (unpaired) electrons. The number of hydrogen-bond acceptors (Lipinski definition) is 5. The van der Waals surface area contributed by atoms with E-state index < -0.39 is 10.0 Å². The topological polar surface area (TPSA) is 72.0 Å². The van der Waals surface area contributed by atoms with E-state index in [0.29, 0.717) is 19.4 Å². The van der Waals surface area contributed by atoms with Crippen molar-refractivity contribution < 1.29 is 8.42 Å². The number of nitrogens with one attached hydrogen (secondary N) is 1. The van der Waals surface area contributed by atoms with Gasteiger partial charge in [0.25, 0.3) is 0 Å². The van der Waals surface area contributed by atoms with Crippen molar-refractivity contribution in [1.29, 1.82) is 0 Å². The van der Waals surface area contributed by atoms with Gasteiger partial charge in [0.1, 0.15) is 5.01 Å². The van der Waals surface area contributed by atoms with Gasteiger partial charge >= 0.3 is 0 Å². The largest absolute Gasteiger partial charge is 0.264 e. The molecule has 0 spiro atoms. The first-order valence-electron chi connectivity index (χ1n) is 7.36. The number of hydrogen-bond donors (Lipinski definition) is 1. The third kappa shape index (κ3) is 4.86. The van der Waals surface area contributed by atoms with Gasteiger partial charge in [0.2, 0.25) is 10.0 Å². The summed E-state index contributed by atoms with van der Waals surface area (Å²) in [6.45, 7) is 4.36. The molecule has 0 aromatic carbocycles. The monoisotopic (exact) mass is 339 g/mol. The first-order valence-corrected chi connectivity index (χ1v) is 9.82. The van der Waals surface area contributed by atoms with E-state index in [1.54, 1.807) is 23.7 Å². The van der Waals surface area contributed by atoms with E-state index in [9.17, 15) is 8.42 Å². The Bertz CT molecular complexity index is 697. The standard InChI is InChI=1S/C15H21N3O2S2/c1-3-4-10-22(19,20)17-9-7-14-12(2)18-15(21-14)13-6-5-8-16-11-13/h5-6,8,11,17H,3-4,7,9-10H2,1-2H3. The summed E-state index contributed by atoms with van der Waals surface area (Å²) in [6, 6.07) is 3.86. The second-order valence-corrected chi connectivity index (χ2v) is 8.10. The maximum atomic E-state index is 11.8. The molecule has 0 bridgehead atoms. The van der Waals surface area contributed by atoms with E-state index in [-0.39, 0.29) is 5.75 Å². The van der Waals surface area contributed by atoms with Gasteiger partial charge in [-0.25, -0.2) is 18.1 Å². The Morgan fingerprint density at radius 2 is 2.18 bits per heavy atom. The summed E-state index contributed by atoms with van der Waals surface area (Å²) in [7, 11) is -3.15. The highest BCUT2D eigenvalue weighted by Crippen LogP contribution is 2.27. The Morgan fingerprint density at radius 3 is 2.86 bits per heavy atom. The van der Waals surface area contributed by atoms with Gasteiger partial charge in [-0.05, 0) is 31.9 Å². The molecule has 2 aromatic rings. The third-order valence-electron chi connectivity index (χ3n) is 3.24. The number of pyridine rings is 1. The van der Waals surface area contributed by atoms with Gasteiger partial charge in [-0.3, -0.25) is 4.98 Å². The van der Waals surface area contributed by atoms with Gasteiger partial charge in [0.05, 0.1) is 11.4 Å². The average molecular weight is 339 g/mol. The van der Waals surface area contributed by atoms with Crippen LogP contribution in [0.1, 0.15) is 30.3 Å². The fourth-order valence-corrected chi connectivity index (χ4v) is 4.28. The second-order valence-electron chi connectivity index (χ2n) is 5.09. The van der Waals surface area contributed by atoms with Gasteiger partial charge in [-0.15, -0.1) is 11.3 Å². The third-order valence-corrected chi connectivity index (χ3v) is 5.98. The van der Waals surface area contributed by atoms with Crippen molar-refractivity contribution in [2.45, 2.75) is 33.1 Å². The Kier molecular flexibility index (Phi) is 6.05. The van der Waals surface area contributed by atoms with Crippen LogP contribution in [0.2, 0.25) is 0 Å². The molecule has 2 aromatic heterocycles. The molecule has 0 atom stereocenters. The van der Waals surface area contributed by atoms with Crippen LogP contribution in [0.5, 0.6) is 0 Å². The molecule has 0 saturated heterocycles. The summed E-state index contributed by atoms with van der Waals surface area (Å²) in [6.07, 6.45) is 5.75. The van der Waals surface area contributed by atoms with Crippen LogP contribution in [0, 0.1) is 6.92 Å². The normalized spacial score (nSPS) is 11.7. The summed E-state index contributed by atoms with van der Waals surface area (Å²) in [5.74, 6) is 0.201. The molecular weight excluding hydrogens is 318 g/mol. The van der Waals surface area contributed by atoms with Crippen LogP contribution < -0.4 is 4.72 Å². The minimum Gasteiger partial charge on any atom is -0.264 e. The van der Waals surface area contributed by atoms with Crippen molar-refractivity contribution in [3.8, 4) is 10.6 Å². The van der Waals surface area contributed by atoms with Crippen LogP contribution in [0.15, 0.2) is 24.5 Å². The van der Waals surface area contributed by atoms with E-state index in [0.717, 1.165) is 27.6 Å². The molecule has 0 fully saturated rings. The number of unbranched alkanes of at least 4 members (excludes halogenated alkanes) is 1. The quantitative estimate of drug-likeness (QED) is 0.803. The number of nitrogens with zero attached hydrogens (tertiary/aromatic N) is 2. The molecule has 5 nitrogen and oxygen atoms in total. The van der Waals surface area contributed by atoms with Crippen molar-refractivity contribution in [1.82, 2.24) is 14.7 Å². The predicted molar refractivity (Wildman–Crippen MR) is 90.5 cm³/mol. The smallest absolute Gasteiger partial charge is 0.211 e. The zero-order chi connectivity index (χ0) is 16.0. The molecule has 0 aliphatic rings. The van der Waals surface area contributed by atoms with Crippen LogP contribution in [-0.4, -0.2) is 30.7 Å². The first kappa shape index (κ1) is 17.1. The fraction of sp³-hybridized carbons (Fsp3) is 0.467. The molecular formula is C15H21N3O2S2. The highest BCUT2D eigenvalue weighted by atomic mass is 32.2. The van der Waals surface area contributed by atoms with E-state index in [4.69, 9.17) is 0 Å². The van der Waals surface area contributed by atoms with Gasteiger partial charge in [-0.2, -0.15) is 0 Å². The lowest BCUT2D eigenvalue weighted by atomic mass is 10.3. The van der Waals surface area contributed by atoms with Crippen LogP contribution >= 0.6 is 11.3 Å². The molecule has 7 heteroatoms. The van der Waals surface area contributed by atoms with Crippen molar-refractivity contribution in [2.75, 3.05) is 12.3 Å². The van der Waals surface area contributed by atoms with Gasteiger partial charge < -0.3 is 0 Å². The molecule has 0 aliphatic carbocycles. The predicted octanol–water partition coefficient (Wildman–Crippen LogP) is 2.78. The van der Waals surface area contributed by atoms with Crippen molar-refractivity contribution in [3.63, 3.8) is 0 Å². The van der Waals surface area contributed by atoms with Gasteiger partial charge in [0, 0.05) is 29.4 Å². The number of thiazole rings is 1. The summed E-state index contributed by atoms with van der Waals surface area (Å²) in [4.78, 5) is 9.75. The lowest BCUT2D eigenvalue weighted by Gasteiger charge is -2.05. The molecule has 120 valence electrons. The molecule has 2 rings (SSSR count). The highest BCUT2D eigenvalue weighted by molar-refractivity contribution is 7.89. The number of aryl methyl sites for hydroxylation is 1. The van der Waals surface area contributed by atoms with Gasteiger partial charge in [0.15, 0.2) is 0 Å².